The minimum atomic E-state index is -0.887. The van der Waals surface area contributed by atoms with Crippen LogP contribution in [-0.4, -0.2) is 27.4 Å². The van der Waals surface area contributed by atoms with E-state index in [9.17, 15) is 9.59 Å². The van der Waals surface area contributed by atoms with Crippen LogP contribution >= 0.6 is 23.2 Å². The highest BCUT2D eigenvalue weighted by molar-refractivity contribution is 6.52. The van der Waals surface area contributed by atoms with Crippen molar-refractivity contribution in [2.45, 2.75) is 42.5 Å². The molecule has 2 aliphatic carbocycles. The van der Waals surface area contributed by atoms with Crippen molar-refractivity contribution in [3.63, 3.8) is 0 Å². The molecule has 1 amide bonds. The summed E-state index contributed by atoms with van der Waals surface area (Å²) in [6.07, 6.45) is 3.18. The minimum absolute atomic E-state index is 0.0721. The summed E-state index contributed by atoms with van der Waals surface area (Å²) < 4.78 is -0.887. The Balaban J connectivity index is 1.75. The van der Waals surface area contributed by atoms with Crippen molar-refractivity contribution in [1.82, 2.24) is 5.32 Å². The first kappa shape index (κ1) is 13.0. The predicted molar refractivity (Wildman–Crippen MR) is 64.1 cm³/mol. The Bertz CT molecular complexity index is 338. The standard InChI is InChI=1S/C11H15Cl2NO3/c12-11(13)5-8(11)9(15)14-7-3-1-6(2-4-7)10(16)17/h6-8H,1-5H2,(H,14,15)(H,16,17). The van der Waals surface area contributed by atoms with Crippen LogP contribution in [0.2, 0.25) is 0 Å². The molecular weight excluding hydrogens is 265 g/mol. The van der Waals surface area contributed by atoms with Gasteiger partial charge in [0.2, 0.25) is 5.91 Å². The summed E-state index contributed by atoms with van der Waals surface area (Å²) in [5.74, 6) is -1.40. The molecule has 0 radical (unpaired) electrons. The van der Waals surface area contributed by atoms with Crippen LogP contribution in [0.15, 0.2) is 0 Å². The molecule has 2 N–H and O–H groups in total. The van der Waals surface area contributed by atoms with E-state index >= 15 is 0 Å². The van der Waals surface area contributed by atoms with Crippen LogP contribution in [0.4, 0.5) is 0 Å². The van der Waals surface area contributed by atoms with E-state index in [0.717, 1.165) is 0 Å². The number of carbonyl (C=O) groups excluding carboxylic acids is 1. The first-order chi connectivity index (χ1) is 7.90. The monoisotopic (exact) mass is 279 g/mol. The quantitative estimate of drug-likeness (QED) is 0.776. The topological polar surface area (TPSA) is 66.4 Å². The molecule has 0 bridgehead atoms. The fraction of sp³-hybridized carbons (Fsp3) is 0.818. The highest BCUT2D eigenvalue weighted by Gasteiger charge is 2.56. The van der Waals surface area contributed by atoms with Crippen molar-refractivity contribution in [1.29, 1.82) is 0 Å². The average molecular weight is 280 g/mol. The predicted octanol–water partition coefficient (Wildman–Crippen LogP) is 1.94. The Hall–Kier alpha value is -0.480. The van der Waals surface area contributed by atoms with Gasteiger partial charge in [0, 0.05) is 6.04 Å². The maximum atomic E-state index is 11.7. The van der Waals surface area contributed by atoms with Gasteiger partial charge in [-0.05, 0) is 32.1 Å². The van der Waals surface area contributed by atoms with Gasteiger partial charge < -0.3 is 10.4 Å². The third-order valence-electron chi connectivity index (χ3n) is 3.57. The van der Waals surface area contributed by atoms with E-state index in [2.05, 4.69) is 5.32 Å². The van der Waals surface area contributed by atoms with E-state index in [1.54, 1.807) is 0 Å². The van der Waals surface area contributed by atoms with E-state index in [4.69, 9.17) is 28.3 Å². The fourth-order valence-corrected chi connectivity index (χ4v) is 2.79. The summed E-state index contributed by atoms with van der Waals surface area (Å²) in [6, 6.07) is 0.0721. The van der Waals surface area contributed by atoms with Crippen molar-refractivity contribution in [2.75, 3.05) is 0 Å². The van der Waals surface area contributed by atoms with Gasteiger partial charge in [-0.1, -0.05) is 0 Å². The second-order valence-corrected chi connectivity index (χ2v) is 6.46. The van der Waals surface area contributed by atoms with E-state index in [1.165, 1.54) is 0 Å². The number of carboxylic acids is 1. The lowest BCUT2D eigenvalue weighted by molar-refractivity contribution is -0.142. The van der Waals surface area contributed by atoms with Crippen LogP contribution in [0.25, 0.3) is 0 Å². The maximum absolute atomic E-state index is 11.7. The molecule has 0 spiro atoms. The lowest BCUT2D eigenvalue weighted by atomic mass is 9.86. The molecule has 0 saturated heterocycles. The van der Waals surface area contributed by atoms with Gasteiger partial charge in [0.05, 0.1) is 11.8 Å². The number of nitrogens with one attached hydrogen (secondary N) is 1. The Morgan fingerprint density at radius 1 is 1.18 bits per heavy atom. The Kier molecular flexibility index (Phi) is 3.55. The van der Waals surface area contributed by atoms with Gasteiger partial charge in [0.15, 0.2) is 0 Å². The van der Waals surface area contributed by atoms with Gasteiger partial charge in [-0.25, -0.2) is 0 Å². The van der Waals surface area contributed by atoms with Gasteiger partial charge >= 0.3 is 5.97 Å². The average Bonchev–Trinajstić information content (AvgIpc) is 2.89. The molecule has 0 heterocycles. The lowest BCUT2D eigenvalue weighted by Gasteiger charge is -2.26. The summed E-state index contributed by atoms with van der Waals surface area (Å²) in [4.78, 5) is 22.5. The first-order valence-corrected chi connectivity index (χ1v) is 6.57. The number of carboxylic acid groups (broad SMARTS) is 1. The molecule has 17 heavy (non-hydrogen) atoms. The normalized spacial score (nSPS) is 35.1. The van der Waals surface area contributed by atoms with Crippen molar-refractivity contribution in [2.24, 2.45) is 11.8 Å². The van der Waals surface area contributed by atoms with Crippen molar-refractivity contribution in [3.8, 4) is 0 Å². The third kappa shape index (κ3) is 3.05. The molecule has 2 aliphatic rings. The number of carbonyl (C=O) groups is 2. The van der Waals surface area contributed by atoms with E-state index < -0.39 is 10.3 Å². The molecule has 2 rings (SSSR count). The van der Waals surface area contributed by atoms with E-state index in [0.29, 0.717) is 32.1 Å². The number of amides is 1. The summed E-state index contributed by atoms with van der Waals surface area (Å²) >= 11 is 11.6. The number of halogens is 2. The third-order valence-corrected chi connectivity index (χ3v) is 4.40. The number of aliphatic carboxylic acids is 1. The number of rotatable bonds is 3. The number of alkyl halides is 2. The summed E-state index contributed by atoms with van der Waals surface area (Å²) in [7, 11) is 0. The van der Waals surface area contributed by atoms with Gasteiger partial charge in [-0.3, -0.25) is 9.59 Å². The fourth-order valence-electron chi connectivity index (χ4n) is 2.28. The van der Waals surface area contributed by atoms with Gasteiger partial charge in [0.1, 0.15) is 4.33 Å². The Morgan fingerprint density at radius 3 is 2.12 bits per heavy atom. The molecular formula is C11H15Cl2NO3. The molecule has 4 nitrogen and oxygen atoms in total. The minimum Gasteiger partial charge on any atom is -0.481 e. The molecule has 2 fully saturated rings. The van der Waals surface area contributed by atoms with Crippen molar-refractivity contribution < 1.29 is 14.7 Å². The highest BCUT2D eigenvalue weighted by Crippen LogP contribution is 2.53. The molecule has 0 aliphatic heterocycles. The Morgan fingerprint density at radius 2 is 1.71 bits per heavy atom. The molecule has 1 unspecified atom stereocenters. The molecule has 2 saturated carbocycles. The highest BCUT2D eigenvalue weighted by atomic mass is 35.5. The zero-order valence-electron chi connectivity index (χ0n) is 9.29. The summed E-state index contributed by atoms with van der Waals surface area (Å²) in [5, 5.41) is 11.7. The second kappa shape index (κ2) is 4.65. The van der Waals surface area contributed by atoms with E-state index in [1.807, 2.05) is 0 Å². The summed E-state index contributed by atoms with van der Waals surface area (Å²) in [5.41, 5.74) is 0. The van der Waals surface area contributed by atoms with Crippen LogP contribution in [-0.2, 0) is 9.59 Å². The molecule has 0 aromatic carbocycles. The van der Waals surface area contributed by atoms with Crippen molar-refractivity contribution >= 4 is 35.1 Å². The van der Waals surface area contributed by atoms with Crippen LogP contribution < -0.4 is 5.32 Å². The molecule has 1 atom stereocenters. The largest absolute Gasteiger partial charge is 0.481 e. The molecule has 0 aromatic rings. The maximum Gasteiger partial charge on any atom is 0.306 e. The second-order valence-electron chi connectivity index (χ2n) is 4.91. The number of hydrogen-bond donors (Lipinski definition) is 2. The van der Waals surface area contributed by atoms with E-state index in [-0.39, 0.29) is 23.8 Å². The first-order valence-electron chi connectivity index (χ1n) is 5.81. The lowest BCUT2D eigenvalue weighted by Crippen LogP contribution is -2.40. The van der Waals surface area contributed by atoms with Crippen LogP contribution in [0.3, 0.4) is 0 Å². The van der Waals surface area contributed by atoms with Crippen molar-refractivity contribution in [3.05, 3.63) is 0 Å². The van der Waals surface area contributed by atoms with Crippen LogP contribution in [0.1, 0.15) is 32.1 Å². The smallest absolute Gasteiger partial charge is 0.306 e. The van der Waals surface area contributed by atoms with Crippen LogP contribution in [0.5, 0.6) is 0 Å². The van der Waals surface area contributed by atoms with Gasteiger partial charge in [-0.15, -0.1) is 23.2 Å². The summed E-state index contributed by atoms with van der Waals surface area (Å²) in [6.45, 7) is 0. The zero-order valence-corrected chi connectivity index (χ0v) is 10.8. The van der Waals surface area contributed by atoms with Gasteiger partial charge in [-0.2, -0.15) is 0 Å². The SMILES string of the molecule is O=C(O)C1CCC(NC(=O)C2CC2(Cl)Cl)CC1. The molecule has 96 valence electrons. The molecule has 0 aromatic heterocycles. The number of hydrogen-bond acceptors (Lipinski definition) is 2. The molecule has 6 heteroatoms. The van der Waals surface area contributed by atoms with Gasteiger partial charge in [0.25, 0.3) is 0 Å². The van der Waals surface area contributed by atoms with Crippen LogP contribution in [0, 0.1) is 11.8 Å². The zero-order chi connectivity index (χ0) is 12.6. The Labute approximate surface area is 110 Å².